The number of hydrogen-bond donors (Lipinski definition) is 2. The van der Waals surface area contributed by atoms with E-state index in [4.69, 9.17) is 18.0 Å². The summed E-state index contributed by atoms with van der Waals surface area (Å²) in [6.07, 6.45) is 5.52. The fourth-order valence-corrected chi connectivity index (χ4v) is 1.98. The molecule has 80 valence electrons. The first-order chi connectivity index (χ1) is 7.18. The molecule has 3 nitrogen and oxygen atoms in total. The van der Waals surface area contributed by atoms with Gasteiger partial charge in [-0.1, -0.05) is 12.2 Å². The largest absolute Gasteiger partial charge is 0.389 e. The van der Waals surface area contributed by atoms with Crippen LogP contribution in [0.3, 0.4) is 0 Å². The Kier molecular flexibility index (Phi) is 2.86. The lowest BCUT2D eigenvalue weighted by Gasteiger charge is -2.28. The topological polar surface area (TPSA) is 50.9 Å². The average Bonchev–Trinajstić information content (AvgIpc) is 2.10. The van der Waals surface area contributed by atoms with E-state index in [2.05, 4.69) is 10.3 Å². The van der Waals surface area contributed by atoms with Gasteiger partial charge in [0.15, 0.2) is 0 Å². The molecule has 1 aliphatic carbocycles. The third-order valence-electron chi connectivity index (χ3n) is 2.85. The first-order valence-corrected chi connectivity index (χ1v) is 5.61. The number of thiocarbonyl (C=S) groups is 1. The Balaban J connectivity index is 2.27. The maximum absolute atomic E-state index is 5.70. The van der Waals surface area contributed by atoms with E-state index < -0.39 is 0 Å². The molecule has 1 aromatic rings. The quantitative estimate of drug-likeness (QED) is 0.766. The number of anilines is 1. The molecule has 0 aromatic carbocycles. The molecule has 1 heterocycles. The van der Waals surface area contributed by atoms with Crippen LogP contribution in [0.25, 0.3) is 0 Å². The van der Waals surface area contributed by atoms with Crippen molar-refractivity contribution in [1.29, 1.82) is 0 Å². The smallest absolute Gasteiger partial charge is 0.136 e. The van der Waals surface area contributed by atoms with Crippen molar-refractivity contribution in [1.82, 2.24) is 4.98 Å². The normalized spacial score (nSPS) is 15.8. The number of aromatic nitrogens is 1. The Bertz CT molecular complexity index is 385. The van der Waals surface area contributed by atoms with Gasteiger partial charge in [-0.25, -0.2) is 4.98 Å². The van der Waals surface area contributed by atoms with E-state index in [0.29, 0.717) is 11.0 Å². The summed E-state index contributed by atoms with van der Waals surface area (Å²) in [5.41, 5.74) is 7.67. The van der Waals surface area contributed by atoms with Gasteiger partial charge in [-0.05, 0) is 37.8 Å². The molecule has 1 saturated carbocycles. The standard InChI is InChI=1S/C11H15N3S/c1-7-5-6-13-11(9(7)10(12)15)14-8-3-2-4-8/h5-6,8H,2-4H2,1H3,(H2,12,15)(H,13,14). The van der Waals surface area contributed by atoms with Gasteiger partial charge in [0.2, 0.25) is 0 Å². The summed E-state index contributed by atoms with van der Waals surface area (Å²) in [5.74, 6) is 0.840. The predicted molar refractivity (Wildman–Crippen MR) is 66.1 cm³/mol. The van der Waals surface area contributed by atoms with E-state index >= 15 is 0 Å². The van der Waals surface area contributed by atoms with Crippen LogP contribution in [0.5, 0.6) is 0 Å². The van der Waals surface area contributed by atoms with Crippen molar-refractivity contribution in [2.24, 2.45) is 5.73 Å². The third-order valence-corrected chi connectivity index (χ3v) is 3.06. The molecule has 0 atom stereocenters. The maximum Gasteiger partial charge on any atom is 0.136 e. The molecule has 3 N–H and O–H groups in total. The van der Waals surface area contributed by atoms with Gasteiger partial charge in [0.25, 0.3) is 0 Å². The Morgan fingerprint density at radius 3 is 2.87 bits per heavy atom. The van der Waals surface area contributed by atoms with Crippen molar-refractivity contribution in [2.45, 2.75) is 32.2 Å². The lowest BCUT2D eigenvalue weighted by atomic mass is 9.93. The second-order valence-electron chi connectivity index (χ2n) is 3.99. The van der Waals surface area contributed by atoms with Gasteiger partial charge in [-0.2, -0.15) is 0 Å². The second kappa shape index (κ2) is 4.14. The zero-order chi connectivity index (χ0) is 10.8. The maximum atomic E-state index is 5.70. The summed E-state index contributed by atoms with van der Waals surface area (Å²) in [6.45, 7) is 2.00. The van der Waals surface area contributed by atoms with E-state index in [1.54, 1.807) is 6.20 Å². The zero-order valence-electron chi connectivity index (χ0n) is 8.79. The Labute approximate surface area is 95.1 Å². The van der Waals surface area contributed by atoms with Crippen LogP contribution >= 0.6 is 12.2 Å². The molecule has 0 spiro atoms. The number of pyridine rings is 1. The van der Waals surface area contributed by atoms with Gasteiger partial charge in [0.05, 0.1) is 5.56 Å². The number of nitrogens with one attached hydrogen (secondary N) is 1. The van der Waals surface area contributed by atoms with Gasteiger partial charge in [0.1, 0.15) is 10.8 Å². The van der Waals surface area contributed by atoms with Crippen LogP contribution in [0.15, 0.2) is 12.3 Å². The van der Waals surface area contributed by atoms with Gasteiger partial charge in [-0.15, -0.1) is 0 Å². The highest BCUT2D eigenvalue weighted by atomic mass is 32.1. The second-order valence-corrected chi connectivity index (χ2v) is 4.43. The van der Waals surface area contributed by atoms with Crippen LogP contribution in [-0.2, 0) is 0 Å². The van der Waals surface area contributed by atoms with Crippen molar-refractivity contribution in [2.75, 3.05) is 5.32 Å². The first-order valence-electron chi connectivity index (χ1n) is 5.20. The Morgan fingerprint density at radius 1 is 1.60 bits per heavy atom. The molecular weight excluding hydrogens is 206 g/mol. The highest BCUT2D eigenvalue weighted by molar-refractivity contribution is 7.80. The predicted octanol–water partition coefficient (Wildman–Crippen LogP) is 1.99. The molecule has 0 bridgehead atoms. The fraction of sp³-hybridized carbons (Fsp3) is 0.455. The molecule has 4 heteroatoms. The lowest BCUT2D eigenvalue weighted by Crippen LogP contribution is -2.29. The van der Waals surface area contributed by atoms with Crippen LogP contribution in [0.1, 0.15) is 30.4 Å². The molecule has 15 heavy (non-hydrogen) atoms. The van der Waals surface area contributed by atoms with Crippen molar-refractivity contribution in [3.8, 4) is 0 Å². The lowest BCUT2D eigenvalue weighted by molar-refractivity contribution is 0.444. The molecule has 2 rings (SSSR count). The van der Waals surface area contributed by atoms with E-state index in [9.17, 15) is 0 Å². The van der Waals surface area contributed by atoms with E-state index in [0.717, 1.165) is 16.9 Å². The van der Waals surface area contributed by atoms with Crippen LogP contribution < -0.4 is 11.1 Å². The first kappa shape index (κ1) is 10.4. The Hall–Kier alpha value is -1.16. The summed E-state index contributed by atoms with van der Waals surface area (Å²) in [7, 11) is 0. The average molecular weight is 221 g/mol. The minimum absolute atomic E-state index is 0.419. The van der Waals surface area contributed by atoms with Crippen LogP contribution in [0.2, 0.25) is 0 Å². The number of nitrogens with zero attached hydrogens (tertiary/aromatic N) is 1. The van der Waals surface area contributed by atoms with Crippen molar-refractivity contribution in [3.63, 3.8) is 0 Å². The molecule has 0 aliphatic heterocycles. The fourth-order valence-electron chi connectivity index (χ4n) is 1.72. The van der Waals surface area contributed by atoms with E-state index in [1.165, 1.54) is 19.3 Å². The van der Waals surface area contributed by atoms with Crippen LogP contribution in [-0.4, -0.2) is 16.0 Å². The van der Waals surface area contributed by atoms with E-state index in [1.807, 2.05) is 13.0 Å². The van der Waals surface area contributed by atoms with Crippen LogP contribution in [0, 0.1) is 6.92 Å². The number of rotatable bonds is 3. The van der Waals surface area contributed by atoms with E-state index in [-0.39, 0.29) is 0 Å². The summed E-state index contributed by atoms with van der Waals surface area (Å²) in [6, 6.07) is 2.48. The van der Waals surface area contributed by atoms with Crippen molar-refractivity contribution < 1.29 is 0 Å². The zero-order valence-corrected chi connectivity index (χ0v) is 9.60. The molecule has 1 fully saturated rings. The van der Waals surface area contributed by atoms with Gasteiger partial charge in [-0.3, -0.25) is 0 Å². The highest BCUT2D eigenvalue weighted by Gasteiger charge is 2.19. The van der Waals surface area contributed by atoms with Crippen LogP contribution in [0.4, 0.5) is 5.82 Å². The SMILES string of the molecule is Cc1ccnc(NC2CCC2)c1C(N)=S. The van der Waals surface area contributed by atoms with Crippen molar-refractivity contribution in [3.05, 3.63) is 23.4 Å². The Morgan fingerprint density at radius 2 is 2.33 bits per heavy atom. The molecule has 0 unspecified atom stereocenters. The molecule has 0 amide bonds. The molecule has 1 aliphatic rings. The summed E-state index contributed by atoms with van der Waals surface area (Å²) in [4.78, 5) is 4.72. The minimum Gasteiger partial charge on any atom is -0.389 e. The summed E-state index contributed by atoms with van der Waals surface area (Å²) >= 11 is 5.04. The monoisotopic (exact) mass is 221 g/mol. The van der Waals surface area contributed by atoms with Gasteiger partial charge < -0.3 is 11.1 Å². The number of aryl methyl sites for hydroxylation is 1. The molecule has 1 aromatic heterocycles. The van der Waals surface area contributed by atoms with Gasteiger partial charge >= 0.3 is 0 Å². The molecule has 0 saturated heterocycles. The highest BCUT2D eigenvalue weighted by Crippen LogP contribution is 2.25. The summed E-state index contributed by atoms with van der Waals surface area (Å²) < 4.78 is 0. The van der Waals surface area contributed by atoms with Crippen molar-refractivity contribution >= 4 is 23.0 Å². The molecular formula is C11H15N3S. The molecule has 0 radical (unpaired) electrons. The third kappa shape index (κ3) is 2.09. The summed E-state index contributed by atoms with van der Waals surface area (Å²) in [5, 5.41) is 3.39. The number of nitrogens with two attached hydrogens (primary N) is 1. The number of hydrogen-bond acceptors (Lipinski definition) is 3. The van der Waals surface area contributed by atoms with Gasteiger partial charge in [0, 0.05) is 12.2 Å². The minimum atomic E-state index is 0.419.